The van der Waals surface area contributed by atoms with E-state index in [1.807, 2.05) is 24.3 Å². The van der Waals surface area contributed by atoms with Gasteiger partial charge in [-0.15, -0.1) is 11.3 Å². The third-order valence-corrected chi connectivity index (χ3v) is 6.26. The Morgan fingerprint density at radius 3 is 2.84 bits per heavy atom. The number of pyridine rings is 1. The summed E-state index contributed by atoms with van der Waals surface area (Å²) in [6, 6.07) is 15.5. The zero-order valence-corrected chi connectivity index (χ0v) is 17.5. The Balaban J connectivity index is 1.43. The molecule has 0 aliphatic carbocycles. The van der Waals surface area contributed by atoms with Crippen molar-refractivity contribution in [3.63, 3.8) is 0 Å². The second-order valence-corrected chi connectivity index (χ2v) is 8.27. The number of fused-ring (bicyclic) bond motifs is 1. The Morgan fingerprint density at radius 1 is 1.19 bits per heavy atom. The van der Waals surface area contributed by atoms with Gasteiger partial charge in [0, 0.05) is 31.1 Å². The Labute approximate surface area is 182 Å². The van der Waals surface area contributed by atoms with Crippen molar-refractivity contribution in [2.75, 3.05) is 19.7 Å². The van der Waals surface area contributed by atoms with Gasteiger partial charge in [0.15, 0.2) is 5.82 Å². The number of nitrogens with zero attached hydrogens (tertiary/aromatic N) is 3. The summed E-state index contributed by atoms with van der Waals surface area (Å²) in [6.45, 7) is 1.50. The molecule has 0 radical (unpaired) electrons. The lowest BCUT2D eigenvalue weighted by Gasteiger charge is -2.33. The first-order valence-electron chi connectivity index (χ1n) is 10.1. The molecule has 7 nitrogen and oxygen atoms in total. The van der Waals surface area contributed by atoms with Gasteiger partial charge in [-0.25, -0.2) is 4.98 Å². The number of aromatic nitrogens is 3. The molecular weight excluding hydrogens is 412 g/mol. The zero-order chi connectivity index (χ0) is 21.2. The fourth-order valence-corrected chi connectivity index (χ4v) is 4.65. The fourth-order valence-electron chi connectivity index (χ4n) is 3.78. The van der Waals surface area contributed by atoms with Gasteiger partial charge in [-0.3, -0.25) is 14.6 Å². The highest BCUT2D eigenvalue weighted by molar-refractivity contribution is 7.17. The molecule has 31 heavy (non-hydrogen) atoms. The smallest absolute Gasteiger partial charge is 0.269 e. The molecule has 1 N–H and O–H groups in total. The SMILES string of the molecule is O=C(c1csc2c(=O)[nH]c(-c3ccccn3)nc12)N1CCOC(Cc2ccccc2)C1. The molecule has 1 saturated heterocycles. The van der Waals surface area contributed by atoms with Gasteiger partial charge in [0.2, 0.25) is 0 Å². The average molecular weight is 433 g/mol. The van der Waals surface area contributed by atoms with Crippen LogP contribution in [0.1, 0.15) is 15.9 Å². The van der Waals surface area contributed by atoms with E-state index in [-0.39, 0.29) is 17.6 Å². The number of nitrogens with one attached hydrogen (secondary N) is 1. The van der Waals surface area contributed by atoms with Crippen LogP contribution in [0.2, 0.25) is 0 Å². The van der Waals surface area contributed by atoms with Crippen molar-refractivity contribution in [1.82, 2.24) is 19.9 Å². The predicted molar refractivity (Wildman–Crippen MR) is 119 cm³/mol. The number of thiophene rings is 1. The number of H-pyrrole nitrogens is 1. The van der Waals surface area contributed by atoms with Crippen molar-refractivity contribution in [1.29, 1.82) is 0 Å². The van der Waals surface area contributed by atoms with Crippen molar-refractivity contribution in [2.45, 2.75) is 12.5 Å². The van der Waals surface area contributed by atoms with E-state index in [1.165, 1.54) is 16.9 Å². The summed E-state index contributed by atoms with van der Waals surface area (Å²) in [5, 5.41) is 1.72. The van der Waals surface area contributed by atoms with Gasteiger partial charge in [-0.1, -0.05) is 36.4 Å². The highest BCUT2D eigenvalue weighted by Crippen LogP contribution is 2.25. The first-order chi connectivity index (χ1) is 15.2. The Kier molecular flexibility index (Phi) is 5.31. The predicted octanol–water partition coefficient (Wildman–Crippen LogP) is 3.13. The van der Waals surface area contributed by atoms with Crippen LogP contribution < -0.4 is 5.56 Å². The molecule has 4 aromatic rings. The van der Waals surface area contributed by atoms with Gasteiger partial charge in [-0.2, -0.15) is 0 Å². The summed E-state index contributed by atoms with van der Waals surface area (Å²) in [5.41, 5.74) is 2.34. The normalized spacial score (nSPS) is 16.5. The number of benzene rings is 1. The van der Waals surface area contributed by atoms with Crippen LogP contribution in [0.4, 0.5) is 0 Å². The van der Waals surface area contributed by atoms with E-state index in [0.29, 0.717) is 47.0 Å². The van der Waals surface area contributed by atoms with E-state index in [2.05, 4.69) is 27.1 Å². The zero-order valence-electron chi connectivity index (χ0n) is 16.7. The number of carbonyl (C=O) groups excluding carboxylic acids is 1. The summed E-state index contributed by atoms with van der Waals surface area (Å²) < 4.78 is 6.33. The molecule has 3 aromatic heterocycles. The summed E-state index contributed by atoms with van der Waals surface area (Å²) in [7, 11) is 0. The van der Waals surface area contributed by atoms with E-state index in [1.54, 1.807) is 28.6 Å². The minimum Gasteiger partial charge on any atom is -0.374 e. The maximum absolute atomic E-state index is 13.3. The number of hydrogen-bond donors (Lipinski definition) is 1. The molecule has 1 atom stereocenters. The molecular formula is C23H20N4O3S. The average Bonchev–Trinajstić information content (AvgIpc) is 3.25. The number of hydrogen-bond acceptors (Lipinski definition) is 6. The number of ether oxygens (including phenoxy) is 1. The lowest BCUT2D eigenvalue weighted by molar-refractivity contribution is -0.0207. The second kappa shape index (κ2) is 8.41. The van der Waals surface area contributed by atoms with Crippen LogP contribution >= 0.6 is 11.3 Å². The van der Waals surface area contributed by atoms with Crippen LogP contribution in [-0.2, 0) is 11.2 Å². The molecule has 0 bridgehead atoms. The lowest BCUT2D eigenvalue weighted by Crippen LogP contribution is -2.46. The van der Waals surface area contributed by atoms with E-state index in [4.69, 9.17) is 4.74 Å². The maximum atomic E-state index is 13.3. The molecule has 5 rings (SSSR count). The number of rotatable bonds is 4. The van der Waals surface area contributed by atoms with Gasteiger partial charge < -0.3 is 14.6 Å². The topological polar surface area (TPSA) is 88.2 Å². The van der Waals surface area contributed by atoms with Crippen molar-refractivity contribution in [3.05, 3.63) is 81.6 Å². The monoisotopic (exact) mass is 432 g/mol. The first-order valence-corrected chi connectivity index (χ1v) is 10.9. The van der Waals surface area contributed by atoms with Crippen LogP contribution in [0.3, 0.4) is 0 Å². The van der Waals surface area contributed by atoms with Gasteiger partial charge in [0.25, 0.3) is 11.5 Å². The molecule has 1 aliphatic rings. The molecule has 4 heterocycles. The minimum atomic E-state index is -0.265. The Hall–Kier alpha value is -3.36. The summed E-state index contributed by atoms with van der Waals surface area (Å²) in [6.07, 6.45) is 2.32. The Bertz CT molecular complexity index is 1270. The molecule has 1 aliphatic heterocycles. The van der Waals surface area contributed by atoms with Gasteiger partial charge in [-0.05, 0) is 17.7 Å². The molecule has 8 heteroatoms. The highest BCUT2D eigenvalue weighted by atomic mass is 32.1. The third-order valence-electron chi connectivity index (χ3n) is 5.30. The van der Waals surface area contributed by atoms with Crippen LogP contribution in [-0.4, -0.2) is 51.6 Å². The van der Waals surface area contributed by atoms with E-state index < -0.39 is 0 Å². The van der Waals surface area contributed by atoms with Crippen LogP contribution in [0, 0.1) is 0 Å². The lowest BCUT2D eigenvalue weighted by atomic mass is 10.1. The van der Waals surface area contributed by atoms with Crippen molar-refractivity contribution in [2.24, 2.45) is 0 Å². The van der Waals surface area contributed by atoms with Gasteiger partial charge in [0.05, 0.1) is 18.3 Å². The minimum absolute atomic E-state index is 0.0644. The van der Waals surface area contributed by atoms with E-state index in [9.17, 15) is 9.59 Å². The number of morpholine rings is 1. The summed E-state index contributed by atoms with van der Waals surface area (Å²) in [4.78, 5) is 39.3. The van der Waals surface area contributed by atoms with Crippen LogP contribution in [0.25, 0.3) is 21.7 Å². The van der Waals surface area contributed by atoms with Crippen molar-refractivity contribution < 1.29 is 9.53 Å². The summed E-state index contributed by atoms with van der Waals surface area (Å²) in [5.74, 6) is 0.229. The molecule has 0 spiro atoms. The maximum Gasteiger partial charge on any atom is 0.269 e. The number of carbonyl (C=O) groups is 1. The molecule has 1 amide bonds. The fraction of sp³-hybridized carbons (Fsp3) is 0.217. The van der Waals surface area contributed by atoms with Crippen LogP contribution in [0.15, 0.2) is 64.9 Å². The summed E-state index contributed by atoms with van der Waals surface area (Å²) >= 11 is 1.23. The molecule has 156 valence electrons. The van der Waals surface area contributed by atoms with E-state index in [0.717, 1.165) is 6.42 Å². The second-order valence-electron chi connectivity index (χ2n) is 7.39. The van der Waals surface area contributed by atoms with E-state index >= 15 is 0 Å². The highest BCUT2D eigenvalue weighted by Gasteiger charge is 2.28. The van der Waals surface area contributed by atoms with Gasteiger partial charge in [0.1, 0.15) is 15.9 Å². The van der Waals surface area contributed by atoms with Crippen molar-refractivity contribution >= 4 is 27.5 Å². The van der Waals surface area contributed by atoms with Crippen LogP contribution in [0.5, 0.6) is 0 Å². The molecule has 1 unspecified atom stereocenters. The standard InChI is InChI=1S/C23H20N4O3S/c28-22-20-19(25-21(26-22)18-8-4-5-9-24-18)17(14-31-20)23(29)27-10-11-30-16(13-27)12-15-6-2-1-3-7-15/h1-9,14,16H,10-13H2,(H,25,26,28). The molecule has 1 fully saturated rings. The van der Waals surface area contributed by atoms with Gasteiger partial charge >= 0.3 is 0 Å². The quantitative estimate of drug-likeness (QED) is 0.535. The third kappa shape index (κ3) is 3.99. The molecule has 1 aromatic carbocycles. The largest absolute Gasteiger partial charge is 0.374 e. The van der Waals surface area contributed by atoms with Crippen molar-refractivity contribution in [3.8, 4) is 11.5 Å². The first kappa shape index (κ1) is 19.6. The Morgan fingerprint density at radius 2 is 2.03 bits per heavy atom. The number of amides is 1. The number of aromatic amines is 1. The molecule has 0 saturated carbocycles.